The minimum absolute atomic E-state index is 0.00579. The SMILES string of the molecule is CCn1c(=O)c(N2CCCC(C(=O)NCc3ccc(Cl)cc3)C2)nc2ccccc21. The Balaban J connectivity index is 1.51. The maximum atomic E-state index is 13.1. The molecule has 0 bridgehead atoms. The lowest BCUT2D eigenvalue weighted by Gasteiger charge is -2.32. The second-order valence-corrected chi connectivity index (χ2v) is 8.04. The molecule has 1 unspecified atom stereocenters. The third-order valence-corrected chi connectivity index (χ3v) is 5.88. The molecule has 1 aromatic heterocycles. The zero-order valence-electron chi connectivity index (χ0n) is 17.0. The number of hydrogen-bond acceptors (Lipinski definition) is 4. The molecular weight excluding hydrogens is 400 g/mol. The van der Waals surface area contributed by atoms with Crippen molar-refractivity contribution < 1.29 is 4.79 Å². The topological polar surface area (TPSA) is 67.2 Å². The van der Waals surface area contributed by atoms with Crippen molar-refractivity contribution >= 4 is 34.4 Å². The van der Waals surface area contributed by atoms with E-state index >= 15 is 0 Å². The molecule has 1 aliphatic rings. The monoisotopic (exact) mass is 424 g/mol. The van der Waals surface area contributed by atoms with Gasteiger partial charge in [-0.25, -0.2) is 4.98 Å². The molecule has 3 aromatic rings. The predicted octanol–water partition coefficient (Wildman–Crippen LogP) is 3.60. The molecule has 0 spiro atoms. The highest BCUT2D eigenvalue weighted by molar-refractivity contribution is 6.30. The van der Waals surface area contributed by atoms with E-state index in [4.69, 9.17) is 11.6 Å². The number of benzene rings is 2. The molecular formula is C23H25ClN4O2. The molecule has 1 aliphatic heterocycles. The van der Waals surface area contributed by atoms with Crippen LogP contribution in [0.3, 0.4) is 0 Å². The van der Waals surface area contributed by atoms with Crippen LogP contribution in [0.2, 0.25) is 5.02 Å². The largest absolute Gasteiger partial charge is 0.352 e. The fraction of sp³-hybridized carbons (Fsp3) is 0.348. The Bertz CT molecular complexity index is 1110. The van der Waals surface area contributed by atoms with E-state index < -0.39 is 0 Å². The van der Waals surface area contributed by atoms with Crippen LogP contribution in [0.15, 0.2) is 53.3 Å². The maximum Gasteiger partial charge on any atom is 0.293 e. The Morgan fingerprint density at radius 3 is 2.73 bits per heavy atom. The first-order valence-corrected chi connectivity index (χ1v) is 10.7. The van der Waals surface area contributed by atoms with Gasteiger partial charge in [0.25, 0.3) is 5.56 Å². The fourth-order valence-electron chi connectivity index (χ4n) is 4.02. The Morgan fingerprint density at radius 1 is 1.20 bits per heavy atom. The molecule has 2 aromatic carbocycles. The van der Waals surface area contributed by atoms with E-state index in [1.54, 1.807) is 4.57 Å². The summed E-state index contributed by atoms with van der Waals surface area (Å²) >= 11 is 5.92. The average Bonchev–Trinajstić information content (AvgIpc) is 2.78. The molecule has 7 heteroatoms. The summed E-state index contributed by atoms with van der Waals surface area (Å²) in [6.07, 6.45) is 1.65. The van der Waals surface area contributed by atoms with Gasteiger partial charge in [-0.15, -0.1) is 0 Å². The molecule has 0 saturated carbocycles. The van der Waals surface area contributed by atoms with E-state index in [0.29, 0.717) is 30.5 Å². The molecule has 1 amide bonds. The third-order valence-electron chi connectivity index (χ3n) is 5.62. The molecule has 30 heavy (non-hydrogen) atoms. The summed E-state index contributed by atoms with van der Waals surface area (Å²) in [4.78, 5) is 32.5. The van der Waals surface area contributed by atoms with Gasteiger partial charge in [0.1, 0.15) is 0 Å². The van der Waals surface area contributed by atoms with Crippen LogP contribution in [0.25, 0.3) is 11.0 Å². The Labute approximate surface area is 180 Å². The first kappa shape index (κ1) is 20.4. The minimum Gasteiger partial charge on any atom is -0.352 e. The number of nitrogens with one attached hydrogen (secondary N) is 1. The highest BCUT2D eigenvalue weighted by Crippen LogP contribution is 2.22. The Hall–Kier alpha value is -2.86. The van der Waals surface area contributed by atoms with Gasteiger partial charge in [-0.1, -0.05) is 35.9 Å². The number of hydrogen-bond donors (Lipinski definition) is 1. The number of carbonyl (C=O) groups is 1. The van der Waals surface area contributed by atoms with Gasteiger partial charge in [0.15, 0.2) is 5.82 Å². The molecule has 0 aliphatic carbocycles. The van der Waals surface area contributed by atoms with Crippen LogP contribution in [0.4, 0.5) is 5.82 Å². The van der Waals surface area contributed by atoms with Gasteiger partial charge in [0.2, 0.25) is 5.91 Å². The van der Waals surface area contributed by atoms with E-state index in [1.165, 1.54) is 0 Å². The van der Waals surface area contributed by atoms with Crippen molar-refractivity contribution in [2.75, 3.05) is 18.0 Å². The predicted molar refractivity (Wildman–Crippen MR) is 120 cm³/mol. The maximum absolute atomic E-state index is 13.1. The van der Waals surface area contributed by atoms with Gasteiger partial charge < -0.3 is 14.8 Å². The zero-order valence-corrected chi connectivity index (χ0v) is 17.7. The highest BCUT2D eigenvalue weighted by Gasteiger charge is 2.28. The van der Waals surface area contributed by atoms with E-state index in [0.717, 1.165) is 36.0 Å². The van der Waals surface area contributed by atoms with E-state index in [1.807, 2.05) is 60.4 Å². The molecule has 1 fully saturated rings. The van der Waals surface area contributed by atoms with Crippen molar-refractivity contribution in [3.63, 3.8) is 0 Å². The molecule has 4 rings (SSSR count). The third kappa shape index (κ3) is 4.19. The number of anilines is 1. The average molecular weight is 425 g/mol. The van der Waals surface area contributed by atoms with Crippen molar-refractivity contribution in [1.29, 1.82) is 0 Å². The number of piperidine rings is 1. The minimum atomic E-state index is -0.172. The number of carbonyl (C=O) groups excluding carboxylic acids is 1. The number of rotatable bonds is 5. The highest BCUT2D eigenvalue weighted by atomic mass is 35.5. The van der Waals surface area contributed by atoms with Crippen molar-refractivity contribution in [2.45, 2.75) is 32.9 Å². The summed E-state index contributed by atoms with van der Waals surface area (Å²) in [5, 5.41) is 3.69. The fourth-order valence-corrected chi connectivity index (χ4v) is 4.14. The lowest BCUT2D eigenvalue weighted by molar-refractivity contribution is -0.125. The van der Waals surface area contributed by atoms with Crippen LogP contribution in [0, 0.1) is 5.92 Å². The van der Waals surface area contributed by atoms with Crippen LogP contribution in [-0.2, 0) is 17.9 Å². The van der Waals surface area contributed by atoms with Crippen molar-refractivity contribution in [3.05, 3.63) is 69.5 Å². The van der Waals surface area contributed by atoms with Crippen molar-refractivity contribution in [2.24, 2.45) is 5.92 Å². The summed E-state index contributed by atoms with van der Waals surface area (Å²) in [5.74, 6) is 0.269. The quantitative estimate of drug-likeness (QED) is 0.679. The smallest absolute Gasteiger partial charge is 0.293 e. The van der Waals surface area contributed by atoms with Crippen molar-refractivity contribution in [3.8, 4) is 0 Å². The van der Waals surface area contributed by atoms with Crippen LogP contribution in [0.5, 0.6) is 0 Å². The molecule has 0 radical (unpaired) electrons. The second-order valence-electron chi connectivity index (χ2n) is 7.60. The van der Waals surface area contributed by atoms with Gasteiger partial charge in [-0.3, -0.25) is 9.59 Å². The zero-order chi connectivity index (χ0) is 21.1. The molecule has 1 saturated heterocycles. The summed E-state index contributed by atoms with van der Waals surface area (Å²) in [7, 11) is 0. The molecule has 6 nitrogen and oxygen atoms in total. The number of aryl methyl sites for hydroxylation is 1. The number of amides is 1. The lowest BCUT2D eigenvalue weighted by Crippen LogP contribution is -2.45. The van der Waals surface area contributed by atoms with Crippen LogP contribution < -0.4 is 15.8 Å². The number of aromatic nitrogens is 2. The summed E-state index contributed by atoms with van der Waals surface area (Å²) < 4.78 is 1.75. The number of fused-ring (bicyclic) bond motifs is 1. The molecule has 1 atom stereocenters. The van der Waals surface area contributed by atoms with Crippen LogP contribution in [0.1, 0.15) is 25.3 Å². The van der Waals surface area contributed by atoms with Gasteiger partial charge in [0.05, 0.1) is 17.0 Å². The van der Waals surface area contributed by atoms with Gasteiger partial charge in [0, 0.05) is 31.2 Å². The van der Waals surface area contributed by atoms with Gasteiger partial charge in [-0.2, -0.15) is 0 Å². The van der Waals surface area contributed by atoms with E-state index in [2.05, 4.69) is 10.3 Å². The Kier molecular flexibility index (Phi) is 6.04. The standard InChI is InChI=1S/C23H25ClN4O2/c1-2-28-20-8-4-3-7-19(20)26-21(23(28)30)27-13-5-6-17(15-27)22(29)25-14-16-9-11-18(24)12-10-16/h3-4,7-12,17H,2,5-6,13-15H2,1H3,(H,25,29). The first-order chi connectivity index (χ1) is 14.6. The number of nitrogens with zero attached hydrogens (tertiary/aromatic N) is 3. The molecule has 1 N–H and O–H groups in total. The van der Waals surface area contributed by atoms with Crippen LogP contribution in [-0.4, -0.2) is 28.5 Å². The van der Waals surface area contributed by atoms with E-state index in [-0.39, 0.29) is 17.4 Å². The number of halogens is 1. The second kappa shape index (κ2) is 8.88. The summed E-state index contributed by atoms with van der Waals surface area (Å²) in [6.45, 7) is 4.22. The summed E-state index contributed by atoms with van der Waals surface area (Å²) in [5.41, 5.74) is 2.53. The first-order valence-electron chi connectivity index (χ1n) is 10.3. The van der Waals surface area contributed by atoms with Crippen molar-refractivity contribution in [1.82, 2.24) is 14.9 Å². The molecule has 156 valence electrons. The van der Waals surface area contributed by atoms with E-state index in [9.17, 15) is 9.59 Å². The normalized spacial score (nSPS) is 16.6. The van der Waals surface area contributed by atoms with Crippen LogP contribution >= 0.6 is 11.6 Å². The van der Waals surface area contributed by atoms with Gasteiger partial charge >= 0.3 is 0 Å². The lowest BCUT2D eigenvalue weighted by atomic mass is 9.97. The number of para-hydroxylation sites is 2. The van der Waals surface area contributed by atoms with Gasteiger partial charge in [-0.05, 0) is 49.6 Å². The summed E-state index contributed by atoms with van der Waals surface area (Å²) in [6, 6.07) is 15.1. The molecule has 2 heterocycles. The Morgan fingerprint density at radius 2 is 1.97 bits per heavy atom.